The molecule has 3 rings (SSSR count). The highest BCUT2D eigenvalue weighted by Gasteiger charge is 2.31. The zero-order valence-corrected chi connectivity index (χ0v) is 10.5. The molecule has 0 aromatic heterocycles. The Morgan fingerprint density at radius 2 is 1.74 bits per heavy atom. The normalized spacial score (nSPS) is 16.9. The molecule has 0 bridgehead atoms. The SMILES string of the molecule is O=NC1C(=O)Nc2ccc(-c3ccc(Cl)cc3)cc21. The highest BCUT2D eigenvalue weighted by Crippen LogP contribution is 2.36. The number of carbonyl (C=O) groups is 1. The van der Waals surface area contributed by atoms with E-state index < -0.39 is 6.04 Å². The Morgan fingerprint density at radius 3 is 2.42 bits per heavy atom. The van der Waals surface area contributed by atoms with Crippen molar-refractivity contribution in [2.24, 2.45) is 5.18 Å². The number of benzene rings is 2. The van der Waals surface area contributed by atoms with E-state index in [1.165, 1.54) is 0 Å². The number of anilines is 1. The van der Waals surface area contributed by atoms with Gasteiger partial charge in [0.15, 0.2) is 6.04 Å². The number of nitrogens with one attached hydrogen (secondary N) is 1. The lowest BCUT2D eigenvalue weighted by molar-refractivity contribution is -0.116. The first-order valence-electron chi connectivity index (χ1n) is 5.72. The third kappa shape index (κ3) is 2.00. The number of hydrogen-bond donors (Lipinski definition) is 1. The molecule has 0 saturated carbocycles. The quantitative estimate of drug-likeness (QED) is 0.846. The van der Waals surface area contributed by atoms with Crippen LogP contribution in [0.3, 0.4) is 0 Å². The smallest absolute Gasteiger partial charge is 0.257 e. The Labute approximate surface area is 114 Å². The lowest BCUT2D eigenvalue weighted by atomic mass is 10.0. The van der Waals surface area contributed by atoms with Crippen molar-refractivity contribution in [1.29, 1.82) is 0 Å². The maximum atomic E-state index is 11.5. The highest BCUT2D eigenvalue weighted by atomic mass is 35.5. The van der Waals surface area contributed by atoms with E-state index in [4.69, 9.17) is 11.6 Å². The molecule has 1 unspecified atom stereocenters. The van der Waals surface area contributed by atoms with Crippen LogP contribution in [0.25, 0.3) is 11.1 Å². The molecular formula is C14H9ClN2O2. The number of hydrogen-bond acceptors (Lipinski definition) is 3. The number of halogens is 1. The molecule has 1 aliphatic rings. The molecule has 2 aromatic carbocycles. The van der Waals surface area contributed by atoms with E-state index in [9.17, 15) is 9.70 Å². The Hall–Kier alpha value is -2.20. The van der Waals surface area contributed by atoms with E-state index in [-0.39, 0.29) is 5.91 Å². The fourth-order valence-electron chi connectivity index (χ4n) is 2.17. The second kappa shape index (κ2) is 4.48. The minimum Gasteiger partial charge on any atom is -0.323 e. The summed E-state index contributed by atoms with van der Waals surface area (Å²) in [7, 11) is 0. The summed E-state index contributed by atoms with van der Waals surface area (Å²) in [6, 6.07) is 11.9. The highest BCUT2D eigenvalue weighted by molar-refractivity contribution is 6.30. The van der Waals surface area contributed by atoms with Gasteiger partial charge in [-0.2, -0.15) is 0 Å². The van der Waals surface area contributed by atoms with Crippen LogP contribution in [-0.2, 0) is 4.79 Å². The molecule has 0 saturated heterocycles. The Balaban J connectivity index is 2.07. The van der Waals surface area contributed by atoms with Gasteiger partial charge >= 0.3 is 0 Å². The molecule has 19 heavy (non-hydrogen) atoms. The first-order chi connectivity index (χ1) is 9.19. The molecule has 2 aromatic rings. The summed E-state index contributed by atoms with van der Waals surface area (Å²) in [6.07, 6.45) is 0. The topological polar surface area (TPSA) is 58.5 Å². The van der Waals surface area contributed by atoms with Crippen molar-refractivity contribution >= 4 is 23.2 Å². The molecule has 0 fully saturated rings. The summed E-state index contributed by atoms with van der Waals surface area (Å²) in [5.74, 6) is -0.377. The van der Waals surface area contributed by atoms with Crippen LogP contribution in [0.2, 0.25) is 5.02 Å². The first kappa shape index (κ1) is 11.9. The van der Waals surface area contributed by atoms with Gasteiger partial charge in [0.1, 0.15) is 0 Å². The van der Waals surface area contributed by atoms with Crippen molar-refractivity contribution in [2.75, 3.05) is 5.32 Å². The minimum absolute atomic E-state index is 0.377. The third-order valence-corrected chi connectivity index (χ3v) is 3.39. The first-order valence-corrected chi connectivity index (χ1v) is 6.10. The van der Waals surface area contributed by atoms with Gasteiger partial charge in [0.25, 0.3) is 5.91 Å². The van der Waals surface area contributed by atoms with E-state index in [2.05, 4.69) is 10.5 Å². The molecule has 1 heterocycles. The van der Waals surface area contributed by atoms with Crippen molar-refractivity contribution < 1.29 is 4.79 Å². The Kier molecular flexibility index (Phi) is 2.80. The molecule has 1 atom stereocenters. The lowest BCUT2D eigenvalue weighted by Crippen LogP contribution is -2.09. The average Bonchev–Trinajstić information content (AvgIpc) is 2.74. The Morgan fingerprint density at radius 1 is 1.05 bits per heavy atom. The summed E-state index contributed by atoms with van der Waals surface area (Å²) >= 11 is 5.85. The van der Waals surface area contributed by atoms with E-state index >= 15 is 0 Å². The predicted octanol–water partition coefficient (Wildman–Crippen LogP) is 3.77. The van der Waals surface area contributed by atoms with Crippen LogP contribution in [0, 0.1) is 4.91 Å². The molecule has 94 valence electrons. The van der Waals surface area contributed by atoms with Crippen LogP contribution in [0.1, 0.15) is 11.6 Å². The number of fused-ring (bicyclic) bond motifs is 1. The molecular weight excluding hydrogens is 264 g/mol. The number of nitroso groups, excluding NO2 is 1. The maximum Gasteiger partial charge on any atom is 0.257 e. The van der Waals surface area contributed by atoms with Gasteiger partial charge in [-0.1, -0.05) is 35.0 Å². The largest absolute Gasteiger partial charge is 0.323 e. The second-order valence-electron chi connectivity index (χ2n) is 4.31. The van der Waals surface area contributed by atoms with Crippen LogP contribution in [0.4, 0.5) is 5.69 Å². The number of rotatable bonds is 2. The van der Waals surface area contributed by atoms with Crippen molar-refractivity contribution in [3.63, 3.8) is 0 Å². The van der Waals surface area contributed by atoms with Gasteiger partial charge in [-0.25, -0.2) is 0 Å². The van der Waals surface area contributed by atoms with Gasteiger partial charge in [-0.15, -0.1) is 4.91 Å². The molecule has 5 heteroatoms. The van der Waals surface area contributed by atoms with Crippen LogP contribution in [0.5, 0.6) is 0 Å². The van der Waals surface area contributed by atoms with E-state index in [0.29, 0.717) is 16.3 Å². The van der Waals surface area contributed by atoms with Gasteiger partial charge in [-0.05, 0) is 35.4 Å². The van der Waals surface area contributed by atoms with Gasteiger partial charge in [0.05, 0.1) is 0 Å². The fraction of sp³-hybridized carbons (Fsp3) is 0.0714. The van der Waals surface area contributed by atoms with Crippen molar-refractivity contribution in [1.82, 2.24) is 0 Å². The standard InChI is InChI=1S/C14H9ClN2O2/c15-10-4-1-8(2-5-10)9-3-6-12-11(7-9)13(17-19)14(18)16-12/h1-7,13H,(H,16,18). The van der Waals surface area contributed by atoms with Gasteiger partial charge in [-0.3, -0.25) is 4.79 Å². The molecule has 0 spiro atoms. The van der Waals surface area contributed by atoms with Crippen LogP contribution in [-0.4, -0.2) is 5.91 Å². The summed E-state index contributed by atoms with van der Waals surface area (Å²) in [4.78, 5) is 22.3. The van der Waals surface area contributed by atoms with E-state index in [1.807, 2.05) is 24.3 Å². The lowest BCUT2D eigenvalue weighted by Gasteiger charge is -2.05. The Bertz CT molecular complexity index is 668. The molecule has 0 radical (unpaired) electrons. The second-order valence-corrected chi connectivity index (χ2v) is 4.74. The van der Waals surface area contributed by atoms with Gasteiger partial charge in [0, 0.05) is 16.3 Å². The average molecular weight is 273 g/mol. The van der Waals surface area contributed by atoms with Gasteiger partial charge < -0.3 is 5.32 Å². The van der Waals surface area contributed by atoms with E-state index in [1.54, 1.807) is 18.2 Å². The molecule has 0 aliphatic carbocycles. The fourth-order valence-corrected chi connectivity index (χ4v) is 2.30. The minimum atomic E-state index is -0.956. The summed E-state index contributed by atoms with van der Waals surface area (Å²) in [5.41, 5.74) is 3.15. The number of nitrogens with zero attached hydrogens (tertiary/aromatic N) is 1. The summed E-state index contributed by atoms with van der Waals surface area (Å²) < 4.78 is 0. The molecule has 1 N–H and O–H groups in total. The van der Waals surface area contributed by atoms with Crippen LogP contribution >= 0.6 is 11.6 Å². The zero-order valence-electron chi connectivity index (χ0n) is 9.76. The third-order valence-electron chi connectivity index (χ3n) is 3.14. The van der Waals surface area contributed by atoms with Crippen molar-refractivity contribution in [3.05, 3.63) is 58.0 Å². The van der Waals surface area contributed by atoms with Crippen molar-refractivity contribution in [3.8, 4) is 11.1 Å². The molecule has 1 aliphatic heterocycles. The van der Waals surface area contributed by atoms with Crippen LogP contribution in [0.15, 0.2) is 47.6 Å². The van der Waals surface area contributed by atoms with Crippen LogP contribution < -0.4 is 5.32 Å². The summed E-state index contributed by atoms with van der Waals surface area (Å²) in [6.45, 7) is 0. The van der Waals surface area contributed by atoms with E-state index in [0.717, 1.165) is 11.1 Å². The zero-order chi connectivity index (χ0) is 13.4. The summed E-state index contributed by atoms with van der Waals surface area (Å²) in [5, 5.41) is 6.17. The van der Waals surface area contributed by atoms with Gasteiger partial charge in [0.2, 0.25) is 0 Å². The predicted molar refractivity (Wildman–Crippen MR) is 74.1 cm³/mol. The van der Waals surface area contributed by atoms with Crippen molar-refractivity contribution in [2.45, 2.75) is 6.04 Å². The molecule has 4 nitrogen and oxygen atoms in total. The number of carbonyl (C=O) groups excluding carboxylic acids is 1. The molecule has 1 amide bonds. The maximum absolute atomic E-state index is 11.5. The monoisotopic (exact) mass is 272 g/mol. The number of amides is 1.